The highest BCUT2D eigenvalue weighted by atomic mass is 16.5. The fraction of sp³-hybridized carbons (Fsp3) is 0.250. The van der Waals surface area contributed by atoms with Crippen molar-refractivity contribution in [2.24, 2.45) is 0 Å². The van der Waals surface area contributed by atoms with Crippen molar-refractivity contribution < 1.29 is 19.0 Å². The van der Waals surface area contributed by atoms with E-state index in [2.05, 4.69) is 20.5 Å². The van der Waals surface area contributed by atoms with Crippen LogP contribution in [0.1, 0.15) is 10.4 Å². The molecule has 1 heterocycles. The van der Waals surface area contributed by atoms with Crippen LogP contribution in [0.2, 0.25) is 0 Å². The predicted octanol–water partition coefficient (Wildman–Crippen LogP) is 1.08. The highest BCUT2D eigenvalue weighted by Crippen LogP contribution is 2.23. The summed E-state index contributed by atoms with van der Waals surface area (Å²) in [5.41, 5.74) is 0.372. The van der Waals surface area contributed by atoms with Gasteiger partial charge >= 0.3 is 6.01 Å². The summed E-state index contributed by atoms with van der Waals surface area (Å²) >= 11 is 0. The third kappa shape index (κ3) is 2.97. The number of anilines is 1. The van der Waals surface area contributed by atoms with Crippen molar-refractivity contribution in [3.05, 3.63) is 23.8 Å². The molecule has 0 aliphatic carbocycles. The number of ether oxygens (including phenoxy) is 3. The second-order valence-electron chi connectivity index (χ2n) is 3.73. The zero-order chi connectivity index (χ0) is 14.5. The zero-order valence-corrected chi connectivity index (χ0v) is 11.3. The largest absolute Gasteiger partial charge is 0.497 e. The van der Waals surface area contributed by atoms with Crippen molar-refractivity contribution >= 4 is 11.9 Å². The molecule has 2 rings (SSSR count). The molecule has 106 valence electrons. The number of carbonyl (C=O) groups excluding carboxylic acids is 1. The number of H-pyrrole nitrogens is 1. The molecular formula is C12H14N4O4. The molecule has 8 heteroatoms. The number of nitrogens with one attached hydrogen (secondary N) is 2. The summed E-state index contributed by atoms with van der Waals surface area (Å²) in [5.74, 6) is 0.851. The van der Waals surface area contributed by atoms with Gasteiger partial charge in [0.25, 0.3) is 5.91 Å². The Labute approximate surface area is 115 Å². The van der Waals surface area contributed by atoms with Gasteiger partial charge in [0.2, 0.25) is 5.95 Å². The Morgan fingerprint density at radius 2 is 1.75 bits per heavy atom. The number of rotatable bonds is 5. The SMILES string of the molecule is COc1cc(OC)cc(C(=O)Nc2nc(OC)n[nH]2)c1. The van der Waals surface area contributed by atoms with Gasteiger partial charge in [-0.1, -0.05) is 0 Å². The molecular weight excluding hydrogens is 264 g/mol. The third-order valence-electron chi connectivity index (χ3n) is 2.49. The first-order valence-corrected chi connectivity index (χ1v) is 5.67. The number of nitrogens with zero attached hydrogens (tertiary/aromatic N) is 2. The molecule has 0 unspecified atom stereocenters. The van der Waals surface area contributed by atoms with E-state index in [1.54, 1.807) is 18.2 Å². The number of carbonyl (C=O) groups is 1. The summed E-state index contributed by atoms with van der Waals surface area (Å²) in [5, 5.41) is 8.82. The fourth-order valence-corrected chi connectivity index (χ4v) is 1.51. The van der Waals surface area contributed by atoms with Crippen LogP contribution in [0.15, 0.2) is 18.2 Å². The van der Waals surface area contributed by atoms with Crippen molar-refractivity contribution in [3.8, 4) is 17.5 Å². The van der Waals surface area contributed by atoms with Crippen molar-refractivity contribution in [2.45, 2.75) is 0 Å². The minimum absolute atomic E-state index is 0.142. The Bertz CT molecular complexity index is 589. The number of aromatic nitrogens is 3. The second-order valence-corrected chi connectivity index (χ2v) is 3.73. The van der Waals surface area contributed by atoms with E-state index in [1.807, 2.05) is 0 Å². The Hall–Kier alpha value is -2.77. The average molecular weight is 278 g/mol. The van der Waals surface area contributed by atoms with E-state index in [0.29, 0.717) is 17.1 Å². The maximum atomic E-state index is 12.1. The average Bonchev–Trinajstić information content (AvgIpc) is 2.94. The summed E-state index contributed by atoms with van der Waals surface area (Å²) in [7, 11) is 4.46. The van der Waals surface area contributed by atoms with Crippen molar-refractivity contribution in [3.63, 3.8) is 0 Å². The van der Waals surface area contributed by atoms with Gasteiger partial charge in [0.05, 0.1) is 21.3 Å². The molecule has 0 spiro atoms. The first kappa shape index (κ1) is 13.7. The Morgan fingerprint density at radius 3 is 2.25 bits per heavy atom. The van der Waals surface area contributed by atoms with Gasteiger partial charge in [0.15, 0.2) is 0 Å². The minimum atomic E-state index is -0.374. The van der Waals surface area contributed by atoms with Gasteiger partial charge in [-0.05, 0) is 12.1 Å². The highest BCUT2D eigenvalue weighted by molar-refractivity contribution is 6.03. The molecule has 1 aromatic heterocycles. The fourth-order valence-electron chi connectivity index (χ4n) is 1.51. The lowest BCUT2D eigenvalue weighted by molar-refractivity contribution is 0.102. The Kier molecular flexibility index (Phi) is 4.04. The summed E-state index contributed by atoms with van der Waals surface area (Å²) < 4.78 is 15.0. The molecule has 0 bridgehead atoms. The molecule has 1 aromatic carbocycles. The van der Waals surface area contributed by atoms with Crippen molar-refractivity contribution in [1.29, 1.82) is 0 Å². The maximum absolute atomic E-state index is 12.1. The summed E-state index contributed by atoms with van der Waals surface area (Å²) in [6.07, 6.45) is 0. The number of benzene rings is 1. The Balaban J connectivity index is 2.19. The van der Waals surface area contributed by atoms with E-state index < -0.39 is 0 Å². The van der Waals surface area contributed by atoms with Crippen molar-refractivity contribution in [2.75, 3.05) is 26.6 Å². The first-order valence-electron chi connectivity index (χ1n) is 5.67. The van der Waals surface area contributed by atoms with Crippen LogP contribution in [-0.2, 0) is 0 Å². The molecule has 1 amide bonds. The molecule has 2 N–H and O–H groups in total. The van der Waals surface area contributed by atoms with E-state index >= 15 is 0 Å². The predicted molar refractivity (Wildman–Crippen MR) is 70.4 cm³/mol. The monoisotopic (exact) mass is 278 g/mol. The number of aromatic amines is 1. The molecule has 0 aliphatic rings. The lowest BCUT2D eigenvalue weighted by Gasteiger charge is -2.07. The van der Waals surface area contributed by atoms with Crippen molar-refractivity contribution in [1.82, 2.24) is 15.2 Å². The second kappa shape index (κ2) is 5.91. The standard InChI is InChI=1S/C12H14N4O4/c1-18-8-4-7(5-9(6-8)19-2)10(17)13-11-14-12(20-3)16-15-11/h4-6H,1-3H3,(H2,13,14,15,16,17). The maximum Gasteiger partial charge on any atom is 0.336 e. The van der Waals surface area contributed by atoms with Crippen LogP contribution in [0.25, 0.3) is 0 Å². The normalized spacial score (nSPS) is 9.95. The first-order chi connectivity index (χ1) is 9.66. The molecule has 20 heavy (non-hydrogen) atoms. The van der Waals surface area contributed by atoms with Gasteiger partial charge in [-0.2, -0.15) is 4.98 Å². The smallest absolute Gasteiger partial charge is 0.336 e. The highest BCUT2D eigenvalue weighted by Gasteiger charge is 2.12. The van der Waals surface area contributed by atoms with Crippen LogP contribution in [0.4, 0.5) is 5.95 Å². The number of methoxy groups -OCH3 is 3. The Morgan fingerprint density at radius 1 is 1.10 bits per heavy atom. The lowest BCUT2D eigenvalue weighted by Crippen LogP contribution is -2.13. The van der Waals surface area contributed by atoms with Crippen LogP contribution in [0.3, 0.4) is 0 Å². The molecule has 0 saturated heterocycles. The molecule has 0 atom stereocenters. The molecule has 2 aromatic rings. The zero-order valence-electron chi connectivity index (χ0n) is 11.3. The lowest BCUT2D eigenvalue weighted by atomic mass is 10.2. The van der Waals surface area contributed by atoms with Gasteiger partial charge in [0.1, 0.15) is 11.5 Å². The van der Waals surface area contributed by atoms with E-state index in [-0.39, 0.29) is 17.9 Å². The molecule has 8 nitrogen and oxygen atoms in total. The van der Waals surface area contributed by atoms with Gasteiger partial charge in [-0.15, -0.1) is 5.10 Å². The molecule has 0 radical (unpaired) electrons. The van der Waals surface area contributed by atoms with Gasteiger partial charge in [0, 0.05) is 11.6 Å². The summed E-state index contributed by atoms with van der Waals surface area (Å²) in [6, 6.07) is 4.99. The number of amides is 1. The summed E-state index contributed by atoms with van der Waals surface area (Å²) in [6.45, 7) is 0. The van der Waals surface area contributed by atoms with E-state index in [9.17, 15) is 4.79 Å². The van der Waals surface area contributed by atoms with Gasteiger partial charge in [-0.3, -0.25) is 10.1 Å². The van der Waals surface area contributed by atoms with Gasteiger partial charge < -0.3 is 14.2 Å². The van der Waals surface area contributed by atoms with Crippen LogP contribution < -0.4 is 19.5 Å². The van der Waals surface area contributed by atoms with E-state index in [1.165, 1.54) is 21.3 Å². The minimum Gasteiger partial charge on any atom is -0.497 e. The third-order valence-corrected chi connectivity index (χ3v) is 2.49. The van der Waals surface area contributed by atoms with E-state index in [4.69, 9.17) is 14.2 Å². The molecule has 0 aliphatic heterocycles. The van der Waals surface area contributed by atoms with E-state index in [0.717, 1.165) is 0 Å². The van der Waals surface area contributed by atoms with Crippen LogP contribution >= 0.6 is 0 Å². The van der Waals surface area contributed by atoms with Crippen LogP contribution in [0, 0.1) is 0 Å². The van der Waals surface area contributed by atoms with Crippen LogP contribution in [-0.4, -0.2) is 42.4 Å². The quantitative estimate of drug-likeness (QED) is 0.849. The topological polar surface area (TPSA) is 98.4 Å². The number of hydrogen-bond donors (Lipinski definition) is 2. The van der Waals surface area contributed by atoms with Crippen LogP contribution in [0.5, 0.6) is 17.5 Å². The molecule has 0 saturated carbocycles. The number of hydrogen-bond acceptors (Lipinski definition) is 6. The van der Waals surface area contributed by atoms with Gasteiger partial charge in [-0.25, -0.2) is 5.10 Å². The summed E-state index contributed by atoms with van der Waals surface area (Å²) in [4.78, 5) is 16.0. The molecule has 0 fully saturated rings.